The van der Waals surface area contributed by atoms with Gasteiger partial charge in [0.25, 0.3) is 0 Å². The molecule has 1 rings (SSSR count). The second-order valence-electron chi connectivity index (χ2n) is 4.64. The number of hydrogen-bond donors (Lipinski definition) is 1. The summed E-state index contributed by atoms with van der Waals surface area (Å²) in [5, 5.41) is 3.22. The van der Waals surface area contributed by atoms with Crippen LogP contribution in [0.5, 0.6) is 0 Å². The molecule has 0 aromatic rings. The Bertz CT molecular complexity index is 221. The van der Waals surface area contributed by atoms with Crippen LogP contribution in [0.15, 0.2) is 0 Å². The van der Waals surface area contributed by atoms with E-state index in [2.05, 4.69) is 17.1 Å². The first-order valence-electron chi connectivity index (χ1n) is 6.78. The van der Waals surface area contributed by atoms with E-state index in [9.17, 15) is 4.79 Å². The average Bonchev–Trinajstić information content (AvgIpc) is 2.38. The maximum atomic E-state index is 12.1. The first kappa shape index (κ1) is 14.5. The number of methoxy groups -OCH3 is 1. The monoisotopic (exact) mass is 242 g/mol. The van der Waals surface area contributed by atoms with Crippen LogP contribution < -0.4 is 5.32 Å². The Morgan fingerprint density at radius 3 is 2.94 bits per heavy atom. The van der Waals surface area contributed by atoms with E-state index in [-0.39, 0.29) is 0 Å². The van der Waals surface area contributed by atoms with Gasteiger partial charge < -0.3 is 15.0 Å². The largest absolute Gasteiger partial charge is 0.383 e. The maximum Gasteiger partial charge on any atom is 0.224 e. The fraction of sp³-hybridized carbons (Fsp3) is 0.923. The molecule has 0 aliphatic carbocycles. The maximum absolute atomic E-state index is 12.1. The highest BCUT2D eigenvalue weighted by molar-refractivity contribution is 5.76. The molecule has 1 saturated heterocycles. The van der Waals surface area contributed by atoms with E-state index in [1.807, 2.05) is 0 Å². The van der Waals surface area contributed by atoms with Crippen molar-refractivity contribution < 1.29 is 9.53 Å². The van der Waals surface area contributed by atoms with Crippen LogP contribution in [0.2, 0.25) is 0 Å². The van der Waals surface area contributed by atoms with Crippen LogP contribution in [0.4, 0.5) is 0 Å². The van der Waals surface area contributed by atoms with Crippen molar-refractivity contribution in [2.45, 2.75) is 45.1 Å². The lowest BCUT2D eigenvalue weighted by atomic mass is 9.99. The van der Waals surface area contributed by atoms with E-state index in [0.29, 0.717) is 25.0 Å². The van der Waals surface area contributed by atoms with E-state index >= 15 is 0 Å². The summed E-state index contributed by atoms with van der Waals surface area (Å²) in [5.41, 5.74) is 0. The summed E-state index contributed by atoms with van der Waals surface area (Å²) in [6, 6.07) is 0.482. The van der Waals surface area contributed by atoms with Crippen molar-refractivity contribution in [1.29, 1.82) is 0 Å². The lowest BCUT2D eigenvalue weighted by molar-refractivity contribution is -0.134. The molecular weight excluding hydrogens is 216 g/mol. The molecule has 1 unspecified atom stereocenters. The molecule has 1 amide bonds. The minimum absolute atomic E-state index is 0.307. The van der Waals surface area contributed by atoms with E-state index in [4.69, 9.17) is 4.74 Å². The number of ether oxygens (including phenoxy) is 1. The lowest BCUT2D eigenvalue weighted by Crippen LogP contribution is -2.44. The van der Waals surface area contributed by atoms with Crippen molar-refractivity contribution in [3.8, 4) is 0 Å². The zero-order valence-corrected chi connectivity index (χ0v) is 11.2. The molecule has 17 heavy (non-hydrogen) atoms. The highest BCUT2D eigenvalue weighted by Crippen LogP contribution is 2.19. The van der Waals surface area contributed by atoms with Crippen LogP contribution in [0.3, 0.4) is 0 Å². The van der Waals surface area contributed by atoms with Crippen molar-refractivity contribution in [2.75, 3.05) is 33.4 Å². The normalized spacial score (nSPS) is 20.6. The number of likely N-dealkylation sites (tertiary alicyclic amines) is 1. The Hall–Kier alpha value is -0.610. The molecule has 1 aliphatic rings. The summed E-state index contributed by atoms with van der Waals surface area (Å²) in [5.74, 6) is 0.307. The van der Waals surface area contributed by atoms with Crippen LogP contribution in [-0.4, -0.2) is 50.2 Å². The molecule has 1 aliphatic heterocycles. The topological polar surface area (TPSA) is 41.6 Å². The molecule has 4 heteroatoms. The number of nitrogens with one attached hydrogen (secondary N) is 1. The van der Waals surface area contributed by atoms with Crippen LogP contribution >= 0.6 is 0 Å². The fourth-order valence-electron chi connectivity index (χ4n) is 2.39. The molecule has 100 valence electrons. The van der Waals surface area contributed by atoms with Gasteiger partial charge in [0, 0.05) is 39.2 Å². The molecule has 1 heterocycles. The lowest BCUT2D eigenvalue weighted by Gasteiger charge is -2.35. The van der Waals surface area contributed by atoms with Gasteiger partial charge >= 0.3 is 0 Å². The Balaban J connectivity index is 2.20. The van der Waals surface area contributed by atoms with Crippen molar-refractivity contribution in [3.63, 3.8) is 0 Å². The smallest absolute Gasteiger partial charge is 0.224 e. The summed E-state index contributed by atoms with van der Waals surface area (Å²) >= 11 is 0. The second kappa shape index (κ2) is 8.48. The third-order valence-corrected chi connectivity index (χ3v) is 3.42. The summed E-state index contributed by atoms with van der Waals surface area (Å²) in [6.07, 6.45) is 5.32. The first-order valence-corrected chi connectivity index (χ1v) is 6.78. The van der Waals surface area contributed by atoms with Crippen LogP contribution in [0.25, 0.3) is 0 Å². The SMILES string of the molecule is CCC1CCCCN1C(=O)CCNCCOC. The number of carbonyl (C=O) groups is 1. The standard InChI is InChI=1S/C13H26N2O2/c1-3-12-6-4-5-10-15(12)13(16)7-8-14-9-11-17-2/h12,14H,3-11H2,1-2H3. The molecule has 0 aromatic carbocycles. The van der Waals surface area contributed by atoms with Gasteiger partial charge in [-0.1, -0.05) is 6.92 Å². The Labute approximate surface area is 105 Å². The van der Waals surface area contributed by atoms with Gasteiger partial charge in [0.05, 0.1) is 6.61 Å². The van der Waals surface area contributed by atoms with Gasteiger partial charge in [-0.05, 0) is 25.7 Å². The highest BCUT2D eigenvalue weighted by atomic mass is 16.5. The number of hydrogen-bond acceptors (Lipinski definition) is 3. The number of nitrogens with zero attached hydrogens (tertiary/aromatic N) is 1. The quantitative estimate of drug-likeness (QED) is 0.686. The van der Waals surface area contributed by atoms with Crippen molar-refractivity contribution >= 4 is 5.91 Å². The number of amides is 1. The second-order valence-corrected chi connectivity index (χ2v) is 4.64. The molecule has 1 fully saturated rings. The van der Waals surface area contributed by atoms with Crippen LogP contribution in [-0.2, 0) is 9.53 Å². The Morgan fingerprint density at radius 1 is 1.41 bits per heavy atom. The molecule has 0 saturated carbocycles. The zero-order valence-electron chi connectivity index (χ0n) is 11.2. The van der Waals surface area contributed by atoms with Crippen molar-refractivity contribution in [3.05, 3.63) is 0 Å². The van der Waals surface area contributed by atoms with E-state index in [0.717, 1.165) is 26.1 Å². The molecule has 1 atom stereocenters. The van der Waals surface area contributed by atoms with Gasteiger partial charge in [0.15, 0.2) is 0 Å². The van der Waals surface area contributed by atoms with Gasteiger partial charge in [-0.15, -0.1) is 0 Å². The minimum atomic E-state index is 0.307. The predicted octanol–water partition coefficient (Wildman–Crippen LogP) is 1.40. The third-order valence-electron chi connectivity index (χ3n) is 3.42. The number of carbonyl (C=O) groups excluding carboxylic acids is 1. The van der Waals surface area contributed by atoms with Gasteiger partial charge in [-0.2, -0.15) is 0 Å². The van der Waals surface area contributed by atoms with E-state index in [1.54, 1.807) is 7.11 Å². The summed E-state index contributed by atoms with van der Waals surface area (Å²) in [4.78, 5) is 14.1. The molecule has 0 bridgehead atoms. The molecule has 4 nitrogen and oxygen atoms in total. The average molecular weight is 242 g/mol. The molecule has 0 spiro atoms. The highest BCUT2D eigenvalue weighted by Gasteiger charge is 2.24. The third kappa shape index (κ3) is 5.04. The zero-order chi connectivity index (χ0) is 12.5. The van der Waals surface area contributed by atoms with Gasteiger partial charge in [-0.3, -0.25) is 4.79 Å². The van der Waals surface area contributed by atoms with E-state index in [1.165, 1.54) is 19.3 Å². The number of rotatable bonds is 7. The van der Waals surface area contributed by atoms with Crippen LogP contribution in [0.1, 0.15) is 39.0 Å². The van der Waals surface area contributed by atoms with Gasteiger partial charge in [-0.25, -0.2) is 0 Å². The molecule has 0 aromatic heterocycles. The minimum Gasteiger partial charge on any atom is -0.383 e. The Morgan fingerprint density at radius 2 is 2.24 bits per heavy atom. The van der Waals surface area contributed by atoms with Crippen molar-refractivity contribution in [1.82, 2.24) is 10.2 Å². The fourth-order valence-corrected chi connectivity index (χ4v) is 2.39. The molecule has 1 N–H and O–H groups in total. The van der Waals surface area contributed by atoms with E-state index < -0.39 is 0 Å². The number of piperidine rings is 1. The van der Waals surface area contributed by atoms with Crippen molar-refractivity contribution in [2.24, 2.45) is 0 Å². The summed E-state index contributed by atoms with van der Waals surface area (Å²) in [7, 11) is 1.69. The predicted molar refractivity (Wildman–Crippen MR) is 69.0 cm³/mol. The molecule has 0 radical (unpaired) electrons. The summed E-state index contributed by atoms with van der Waals surface area (Å²) < 4.78 is 4.94. The molecular formula is C13H26N2O2. The first-order chi connectivity index (χ1) is 8.29. The summed E-state index contributed by atoms with van der Waals surface area (Å²) in [6.45, 7) is 5.41. The van der Waals surface area contributed by atoms with Crippen LogP contribution in [0, 0.1) is 0 Å². The Kier molecular flexibility index (Phi) is 7.21. The van der Waals surface area contributed by atoms with Gasteiger partial charge in [0.2, 0.25) is 5.91 Å². The van der Waals surface area contributed by atoms with Gasteiger partial charge in [0.1, 0.15) is 0 Å².